The number of hydrogen-bond acceptors (Lipinski definition) is 2. The topological polar surface area (TPSA) is 23.5 Å². The number of aromatic hydroxyl groups is 1. The molecule has 0 radical (unpaired) electrons. The number of nitrogens with zero attached hydrogens (tertiary/aromatic N) is 1. The molecule has 0 aliphatic carbocycles. The SMILES string of the molecule is CCCC1(c2cccc(O)c2)CCN(CCc2ccccc2)CC1. The summed E-state index contributed by atoms with van der Waals surface area (Å²) in [5.41, 5.74) is 3.00. The second-order valence-corrected chi connectivity index (χ2v) is 7.16. The summed E-state index contributed by atoms with van der Waals surface area (Å²) >= 11 is 0. The second kappa shape index (κ2) is 7.85. The highest BCUT2D eigenvalue weighted by atomic mass is 16.3. The summed E-state index contributed by atoms with van der Waals surface area (Å²) in [7, 11) is 0. The van der Waals surface area contributed by atoms with Gasteiger partial charge in [0.2, 0.25) is 0 Å². The number of piperidine rings is 1. The van der Waals surface area contributed by atoms with Crippen LogP contribution in [0.15, 0.2) is 54.6 Å². The van der Waals surface area contributed by atoms with E-state index in [1.807, 2.05) is 12.1 Å². The molecule has 1 saturated heterocycles. The number of phenolic OH excluding ortho intramolecular Hbond substituents is 1. The van der Waals surface area contributed by atoms with Crippen molar-refractivity contribution in [3.8, 4) is 5.75 Å². The van der Waals surface area contributed by atoms with Crippen LogP contribution in [-0.2, 0) is 11.8 Å². The molecule has 1 N–H and O–H groups in total. The molecule has 2 heteroatoms. The van der Waals surface area contributed by atoms with E-state index in [1.54, 1.807) is 6.07 Å². The highest BCUT2D eigenvalue weighted by Gasteiger charge is 2.35. The van der Waals surface area contributed by atoms with E-state index in [9.17, 15) is 5.11 Å². The maximum Gasteiger partial charge on any atom is 0.115 e. The Hall–Kier alpha value is -1.80. The Morgan fingerprint density at radius 1 is 1.00 bits per heavy atom. The van der Waals surface area contributed by atoms with Crippen LogP contribution >= 0.6 is 0 Å². The lowest BCUT2D eigenvalue weighted by atomic mass is 9.70. The van der Waals surface area contributed by atoms with Gasteiger partial charge in [-0.3, -0.25) is 0 Å². The molecule has 2 aromatic rings. The molecule has 2 aromatic carbocycles. The van der Waals surface area contributed by atoms with Gasteiger partial charge in [0.15, 0.2) is 0 Å². The minimum Gasteiger partial charge on any atom is -0.508 e. The Bertz CT molecular complexity index is 629. The molecule has 0 saturated carbocycles. The molecule has 1 aliphatic rings. The van der Waals surface area contributed by atoms with Gasteiger partial charge in [0, 0.05) is 6.54 Å². The lowest BCUT2D eigenvalue weighted by molar-refractivity contribution is 0.152. The van der Waals surface area contributed by atoms with E-state index in [2.05, 4.69) is 48.2 Å². The minimum atomic E-state index is 0.247. The zero-order chi connectivity index (χ0) is 16.8. The van der Waals surface area contributed by atoms with Gasteiger partial charge in [-0.1, -0.05) is 55.8 Å². The number of benzene rings is 2. The molecule has 0 bridgehead atoms. The Morgan fingerprint density at radius 3 is 2.42 bits per heavy atom. The predicted molar refractivity (Wildman–Crippen MR) is 101 cm³/mol. The molecule has 128 valence electrons. The van der Waals surface area contributed by atoms with E-state index in [4.69, 9.17) is 0 Å². The summed E-state index contributed by atoms with van der Waals surface area (Å²) in [6.45, 7) is 5.73. The Balaban J connectivity index is 1.62. The fourth-order valence-electron chi connectivity index (χ4n) is 4.13. The van der Waals surface area contributed by atoms with Gasteiger partial charge in [-0.05, 0) is 67.4 Å². The number of phenols is 1. The normalized spacial score (nSPS) is 17.7. The van der Waals surface area contributed by atoms with E-state index in [0.29, 0.717) is 5.75 Å². The standard InChI is InChI=1S/C22H29NO/c1-2-12-22(20-9-6-10-21(24)18-20)13-16-23(17-14-22)15-11-19-7-4-3-5-8-19/h3-10,18,24H,2,11-17H2,1H3. The van der Waals surface area contributed by atoms with Gasteiger partial charge in [0.25, 0.3) is 0 Å². The quantitative estimate of drug-likeness (QED) is 0.828. The van der Waals surface area contributed by atoms with E-state index in [1.165, 1.54) is 36.8 Å². The number of rotatable bonds is 6. The number of hydrogen-bond donors (Lipinski definition) is 1. The van der Waals surface area contributed by atoms with Crippen molar-refractivity contribution in [1.82, 2.24) is 4.90 Å². The van der Waals surface area contributed by atoms with Gasteiger partial charge in [-0.2, -0.15) is 0 Å². The second-order valence-electron chi connectivity index (χ2n) is 7.16. The first-order chi connectivity index (χ1) is 11.7. The van der Waals surface area contributed by atoms with Crippen LogP contribution in [0.4, 0.5) is 0 Å². The van der Waals surface area contributed by atoms with Crippen molar-refractivity contribution in [2.24, 2.45) is 0 Å². The van der Waals surface area contributed by atoms with Crippen LogP contribution in [-0.4, -0.2) is 29.6 Å². The van der Waals surface area contributed by atoms with Crippen LogP contribution in [0, 0.1) is 0 Å². The highest BCUT2D eigenvalue weighted by Crippen LogP contribution is 2.40. The molecule has 1 fully saturated rings. The van der Waals surface area contributed by atoms with Gasteiger partial charge < -0.3 is 10.0 Å². The summed E-state index contributed by atoms with van der Waals surface area (Å²) in [4.78, 5) is 2.60. The first-order valence-electron chi connectivity index (χ1n) is 9.28. The van der Waals surface area contributed by atoms with Crippen LogP contribution in [0.3, 0.4) is 0 Å². The monoisotopic (exact) mass is 323 g/mol. The zero-order valence-electron chi connectivity index (χ0n) is 14.7. The van der Waals surface area contributed by atoms with Crippen LogP contribution in [0.2, 0.25) is 0 Å². The molecule has 0 spiro atoms. The highest BCUT2D eigenvalue weighted by molar-refractivity contribution is 5.33. The van der Waals surface area contributed by atoms with Gasteiger partial charge in [-0.15, -0.1) is 0 Å². The summed E-state index contributed by atoms with van der Waals surface area (Å²) < 4.78 is 0. The van der Waals surface area contributed by atoms with Crippen LogP contribution in [0.1, 0.15) is 43.7 Å². The molecule has 3 rings (SSSR count). The van der Waals surface area contributed by atoms with E-state index in [-0.39, 0.29) is 5.41 Å². The Labute approximate surface area is 146 Å². The van der Waals surface area contributed by atoms with Crippen molar-refractivity contribution in [3.63, 3.8) is 0 Å². The summed E-state index contributed by atoms with van der Waals surface area (Å²) in [6, 6.07) is 18.7. The van der Waals surface area contributed by atoms with Crippen molar-refractivity contribution in [2.45, 2.75) is 44.4 Å². The fourth-order valence-corrected chi connectivity index (χ4v) is 4.13. The lowest BCUT2D eigenvalue weighted by Crippen LogP contribution is -2.43. The lowest BCUT2D eigenvalue weighted by Gasteiger charge is -2.42. The fraction of sp³-hybridized carbons (Fsp3) is 0.455. The summed E-state index contributed by atoms with van der Waals surface area (Å²) in [5.74, 6) is 0.398. The van der Waals surface area contributed by atoms with Crippen molar-refractivity contribution in [3.05, 3.63) is 65.7 Å². The average molecular weight is 323 g/mol. The average Bonchev–Trinajstić information content (AvgIpc) is 2.62. The molecule has 0 atom stereocenters. The molecular weight excluding hydrogens is 294 g/mol. The molecule has 24 heavy (non-hydrogen) atoms. The van der Waals surface area contributed by atoms with E-state index in [0.717, 1.165) is 26.1 Å². The van der Waals surface area contributed by atoms with Gasteiger partial charge in [0.1, 0.15) is 5.75 Å². The third-order valence-corrected chi connectivity index (χ3v) is 5.56. The maximum absolute atomic E-state index is 9.88. The Morgan fingerprint density at radius 2 is 1.75 bits per heavy atom. The van der Waals surface area contributed by atoms with Crippen LogP contribution in [0.25, 0.3) is 0 Å². The third kappa shape index (κ3) is 3.99. The molecule has 2 nitrogen and oxygen atoms in total. The van der Waals surface area contributed by atoms with Crippen molar-refractivity contribution in [2.75, 3.05) is 19.6 Å². The van der Waals surface area contributed by atoms with Gasteiger partial charge in [0.05, 0.1) is 0 Å². The molecular formula is C22H29NO. The van der Waals surface area contributed by atoms with E-state index >= 15 is 0 Å². The van der Waals surface area contributed by atoms with Gasteiger partial charge >= 0.3 is 0 Å². The number of likely N-dealkylation sites (tertiary alicyclic amines) is 1. The minimum absolute atomic E-state index is 0.247. The molecule has 0 unspecified atom stereocenters. The first kappa shape index (κ1) is 17.0. The smallest absolute Gasteiger partial charge is 0.115 e. The largest absolute Gasteiger partial charge is 0.508 e. The molecule has 1 aliphatic heterocycles. The van der Waals surface area contributed by atoms with Gasteiger partial charge in [-0.25, -0.2) is 0 Å². The van der Waals surface area contributed by atoms with Crippen LogP contribution < -0.4 is 0 Å². The Kier molecular flexibility index (Phi) is 5.57. The molecule has 0 amide bonds. The van der Waals surface area contributed by atoms with Crippen molar-refractivity contribution >= 4 is 0 Å². The third-order valence-electron chi connectivity index (χ3n) is 5.56. The van der Waals surface area contributed by atoms with E-state index < -0.39 is 0 Å². The summed E-state index contributed by atoms with van der Waals surface area (Å²) in [5, 5.41) is 9.88. The maximum atomic E-state index is 9.88. The first-order valence-corrected chi connectivity index (χ1v) is 9.28. The molecule has 1 heterocycles. The zero-order valence-corrected chi connectivity index (χ0v) is 14.7. The molecule has 0 aromatic heterocycles. The predicted octanol–water partition coefficient (Wildman–Crippen LogP) is 4.77. The van der Waals surface area contributed by atoms with Crippen LogP contribution in [0.5, 0.6) is 5.75 Å². The van der Waals surface area contributed by atoms with Crippen molar-refractivity contribution in [1.29, 1.82) is 0 Å². The van der Waals surface area contributed by atoms with Crippen molar-refractivity contribution < 1.29 is 5.11 Å². The summed E-state index contributed by atoms with van der Waals surface area (Å²) in [6.07, 6.45) is 5.93.